The molecule has 1 unspecified atom stereocenters. The molecule has 0 saturated carbocycles. The minimum atomic E-state index is -0.697. The maximum atomic E-state index is 10.8. The maximum Gasteiger partial charge on any atom is 0.508 e. The molecule has 1 atom stereocenters. The molecule has 0 aromatic carbocycles. The Balaban J connectivity index is 3.20. The molecule has 0 aromatic heterocycles. The van der Waals surface area contributed by atoms with Crippen LogP contribution in [0.2, 0.25) is 0 Å². The van der Waals surface area contributed by atoms with Crippen LogP contribution in [0, 0.1) is 0 Å². The van der Waals surface area contributed by atoms with Gasteiger partial charge < -0.3 is 14.6 Å². The summed E-state index contributed by atoms with van der Waals surface area (Å²) < 4.78 is 9.29. The van der Waals surface area contributed by atoms with E-state index >= 15 is 0 Å². The molecule has 0 aromatic rings. The molecule has 13 heavy (non-hydrogen) atoms. The van der Waals surface area contributed by atoms with Gasteiger partial charge in [0.05, 0.1) is 12.7 Å². The average Bonchev–Trinajstić information content (AvgIpc) is 2.09. The number of ether oxygens (including phenoxy) is 2. The molecule has 0 saturated heterocycles. The third kappa shape index (κ3) is 9.14. The van der Waals surface area contributed by atoms with E-state index in [0.29, 0.717) is 6.61 Å². The molecule has 0 amide bonds. The van der Waals surface area contributed by atoms with Crippen LogP contribution in [-0.2, 0) is 9.47 Å². The van der Waals surface area contributed by atoms with Crippen molar-refractivity contribution in [2.75, 3.05) is 13.2 Å². The lowest BCUT2D eigenvalue weighted by molar-refractivity contribution is 0.0232. The van der Waals surface area contributed by atoms with Gasteiger partial charge in [0.1, 0.15) is 6.61 Å². The molecule has 78 valence electrons. The summed E-state index contributed by atoms with van der Waals surface area (Å²) in [6, 6.07) is 0. The summed E-state index contributed by atoms with van der Waals surface area (Å²) >= 11 is 0. The minimum Gasteiger partial charge on any atom is -0.434 e. The second-order valence-electron chi connectivity index (χ2n) is 2.97. The minimum absolute atomic E-state index is 0.00733. The van der Waals surface area contributed by atoms with Gasteiger partial charge in [-0.05, 0) is 13.3 Å². The monoisotopic (exact) mass is 190 g/mol. The second kappa shape index (κ2) is 7.86. The van der Waals surface area contributed by atoms with Crippen LogP contribution in [0.4, 0.5) is 4.79 Å². The van der Waals surface area contributed by atoms with E-state index in [2.05, 4.69) is 11.7 Å². The van der Waals surface area contributed by atoms with Crippen molar-refractivity contribution >= 4 is 6.16 Å². The van der Waals surface area contributed by atoms with Crippen molar-refractivity contribution < 1.29 is 19.4 Å². The molecular formula is C9H18O4. The Kier molecular flexibility index (Phi) is 7.39. The molecule has 4 nitrogen and oxygen atoms in total. The standard InChI is InChI=1S/C9H18O4/c1-3-4-5-6-12-9(11)13-7-8(2)10/h8,10H,3-7H2,1-2H3. The summed E-state index contributed by atoms with van der Waals surface area (Å²) in [5.41, 5.74) is 0. The summed E-state index contributed by atoms with van der Waals surface area (Å²) in [6.07, 6.45) is 1.66. The van der Waals surface area contributed by atoms with Crippen LogP contribution < -0.4 is 0 Å². The number of aliphatic hydroxyl groups is 1. The Labute approximate surface area is 78.8 Å². The third-order valence-electron chi connectivity index (χ3n) is 1.41. The van der Waals surface area contributed by atoms with E-state index in [1.54, 1.807) is 6.92 Å². The van der Waals surface area contributed by atoms with Crippen molar-refractivity contribution in [1.29, 1.82) is 0 Å². The topological polar surface area (TPSA) is 55.8 Å². The first-order valence-electron chi connectivity index (χ1n) is 4.64. The van der Waals surface area contributed by atoms with E-state index in [0.717, 1.165) is 19.3 Å². The van der Waals surface area contributed by atoms with Crippen molar-refractivity contribution in [2.24, 2.45) is 0 Å². The first-order chi connectivity index (χ1) is 6.16. The van der Waals surface area contributed by atoms with Gasteiger partial charge in [-0.25, -0.2) is 4.79 Å². The predicted octanol–water partition coefficient (Wildman–Crippen LogP) is 1.71. The van der Waals surface area contributed by atoms with E-state index in [9.17, 15) is 4.79 Å². The van der Waals surface area contributed by atoms with Crippen LogP contribution in [0.25, 0.3) is 0 Å². The predicted molar refractivity (Wildman–Crippen MR) is 48.5 cm³/mol. The smallest absolute Gasteiger partial charge is 0.434 e. The molecule has 0 heterocycles. The van der Waals surface area contributed by atoms with Gasteiger partial charge in [-0.15, -0.1) is 0 Å². The number of hydrogen-bond donors (Lipinski definition) is 1. The molecule has 1 N–H and O–H groups in total. The largest absolute Gasteiger partial charge is 0.508 e. The summed E-state index contributed by atoms with van der Waals surface area (Å²) in [6.45, 7) is 4.01. The highest BCUT2D eigenvalue weighted by Gasteiger charge is 2.04. The van der Waals surface area contributed by atoms with Crippen molar-refractivity contribution in [3.63, 3.8) is 0 Å². The van der Waals surface area contributed by atoms with E-state index < -0.39 is 12.3 Å². The SMILES string of the molecule is CCCCCOC(=O)OCC(C)O. The van der Waals surface area contributed by atoms with Gasteiger partial charge in [-0.3, -0.25) is 0 Å². The molecule has 0 aliphatic heterocycles. The summed E-state index contributed by atoms with van der Waals surface area (Å²) in [5.74, 6) is 0. The average molecular weight is 190 g/mol. The number of carbonyl (C=O) groups is 1. The lowest BCUT2D eigenvalue weighted by Crippen LogP contribution is -2.16. The van der Waals surface area contributed by atoms with Gasteiger partial charge in [-0.1, -0.05) is 19.8 Å². The zero-order valence-electron chi connectivity index (χ0n) is 8.28. The van der Waals surface area contributed by atoms with Crippen molar-refractivity contribution in [2.45, 2.75) is 39.2 Å². The summed E-state index contributed by atoms with van der Waals surface area (Å²) in [5, 5.41) is 8.78. The molecule has 0 fully saturated rings. The molecule has 0 radical (unpaired) electrons. The molecule has 4 heteroatoms. The Bertz CT molecular complexity index is 134. The van der Waals surface area contributed by atoms with Gasteiger partial charge in [0.15, 0.2) is 0 Å². The number of rotatable bonds is 6. The highest BCUT2D eigenvalue weighted by atomic mass is 16.7. The molecule has 0 bridgehead atoms. The van der Waals surface area contributed by atoms with Crippen LogP contribution in [0.5, 0.6) is 0 Å². The maximum absolute atomic E-state index is 10.8. The quantitative estimate of drug-likeness (QED) is 0.511. The lowest BCUT2D eigenvalue weighted by atomic mass is 10.3. The highest BCUT2D eigenvalue weighted by molar-refractivity contribution is 5.59. The zero-order chi connectivity index (χ0) is 10.1. The van der Waals surface area contributed by atoms with Crippen molar-refractivity contribution in [1.82, 2.24) is 0 Å². The number of aliphatic hydroxyl groups excluding tert-OH is 1. The van der Waals surface area contributed by atoms with Crippen LogP contribution in [-0.4, -0.2) is 30.6 Å². The first kappa shape index (κ1) is 12.2. The fourth-order valence-corrected chi connectivity index (χ4v) is 0.738. The van der Waals surface area contributed by atoms with E-state index in [-0.39, 0.29) is 6.61 Å². The van der Waals surface area contributed by atoms with Gasteiger partial charge in [0.25, 0.3) is 0 Å². The number of carbonyl (C=O) groups excluding carboxylic acids is 1. The second-order valence-corrected chi connectivity index (χ2v) is 2.97. The van der Waals surface area contributed by atoms with E-state index in [4.69, 9.17) is 9.84 Å². The normalized spacial score (nSPS) is 12.2. The first-order valence-corrected chi connectivity index (χ1v) is 4.64. The Morgan fingerprint density at radius 1 is 1.38 bits per heavy atom. The van der Waals surface area contributed by atoms with Crippen molar-refractivity contribution in [3.8, 4) is 0 Å². The van der Waals surface area contributed by atoms with Gasteiger partial charge in [0, 0.05) is 0 Å². The number of unbranched alkanes of at least 4 members (excludes halogenated alkanes) is 2. The Morgan fingerprint density at radius 3 is 2.62 bits per heavy atom. The molecule has 0 spiro atoms. The Morgan fingerprint density at radius 2 is 2.08 bits per heavy atom. The van der Waals surface area contributed by atoms with E-state index in [1.165, 1.54) is 0 Å². The van der Waals surface area contributed by atoms with Crippen LogP contribution >= 0.6 is 0 Å². The fraction of sp³-hybridized carbons (Fsp3) is 0.889. The van der Waals surface area contributed by atoms with Crippen LogP contribution in [0.3, 0.4) is 0 Å². The van der Waals surface area contributed by atoms with E-state index in [1.807, 2.05) is 0 Å². The zero-order valence-corrected chi connectivity index (χ0v) is 8.28. The highest BCUT2D eigenvalue weighted by Crippen LogP contribution is 1.96. The van der Waals surface area contributed by atoms with Gasteiger partial charge >= 0.3 is 6.16 Å². The summed E-state index contributed by atoms with van der Waals surface area (Å²) in [7, 11) is 0. The molecular weight excluding hydrogens is 172 g/mol. The van der Waals surface area contributed by atoms with Crippen LogP contribution in [0.1, 0.15) is 33.1 Å². The fourth-order valence-electron chi connectivity index (χ4n) is 0.738. The molecule has 0 rings (SSSR count). The third-order valence-corrected chi connectivity index (χ3v) is 1.41. The molecule has 0 aliphatic rings. The van der Waals surface area contributed by atoms with Crippen LogP contribution in [0.15, 0.2) is 0 Å². The van der Waals surface area contributed by atoms with Gasteiger partial charge in [-0.2, -0.15) is 0 Å². The summed E-state index contributed by atoms with van der Waals surface area (Å²) in [4.78, 5) is 10.8. The van der Waals surface area contributed by atoms with Crippen molar-refractivity contribution in [3.05, 3.63) is 0 Å². The van der Waals surface area contributed by atoms with Gasteiger partial charge in [0.2, 0.25) is 0 Å². The number of hydrogen-bond acceptors (Lipinski definition) is 4. The lowest BCUT2D eigenvalue weighted by Gasteiger charge is -2.06. The Hall–Kier alpha value is -0.770. The molecule has 0 aliphatic carbocycles.